The lowest BCUT2D eigenvalue weighted by Gasteiger charge is -2.35. The number of amides is 1. The minimum Gasteiger partial charge on any atom is -0.369 e. The van der Waals surface area contributed by atoms with Crippen LogP contribution in [0, 0.1) is 6.92 Å². The summed E-state index contributed by atoms with van der Waals surface area (Å²) < 4.78 is 0. The largest absolute Gasteiger partial charge is 0.369 e. The second kappa shape index (κ2) is 9.05. The van der Waals surface area contributed by atoms with Crippen LogP contribution in [0.1, 0.15) is 37.3 Å². The summed E-state index contributed by atoms with van der Waals surface area (Å²) in [7, 11) is 0. The first-order valence-corrected chi connectivity index (χ1v) is 9.99. The van der Waals surface area contributed by atoms with Crippen LogP contribution in [-0.4, -0.2) is 43.5 Å². The number of hydrogen-bond donors (Lipinski definition) is 1. The first kappa shape index (κ1) is 19.4. The molecule has 1 unspecified atom stereocenters. The molecule has 27 heavy (non-hydrogen) atoms. The van der Waals surface area contributed by atoms with Gasteiger partial charge in [0, 0.05) is 44.0 Å². The molecule has 144 valence electrons. The molecule has 3 rings (SSSR count). The maximum atomic E-state index is 12.5. The van der Waals surface area contributed by atoms with Gasteiger partial charge in [-0.1, -0.05) is 44.2 Å². The average Bonchev–Trinajstić information content (AvgIpc) is 2.70. The molecule has 4 nitrogen and oxygen atoms in total. The molecule has 0 bridgehead atoms. The number of hydrogen-bond acceptors (Lipinski definition) is 3. The van der Waals surface area contributed by atoms with Crippen molar-refractivity contribution in [3.05, 3.63) is 59.7 Å². The minimum absolute atomic E-state index is 0.0683. The molecule has 0 radical (unpaired) electrons. The van der Waals surface area contributed by atoms with Crippen LogP contribution in [-0.2, 0) is 4.79 Å². The SMILES string of the molecule is CCN1CCN(c2ccc(NC(=O)CC(C)c3ccccc3)c(C)c2)CC1. The number of nitrogens with zero attached hydrogens (tertiary/aromatic N) is 2. The third-order valence-corrected chi connectivity index (χ3v) is 5.53. The van der Waals surface area contributed by atoms with E-state index < -0.39 is 0 Å². The van der Waals surface area contributed by atoms with Gasteiger partial charge >= 0.3 is 0 Å². The number of aryl methyl sites for hydroxylation is 1. The number of nitrogens with one attached hydrogen (secondary N) is 1. The van der Waals surface area contributed by atoms with Gasteiger partial charge in [-0.15, -0.1) is 0 Å². The Kier molecular flexibility index (Phi) is 6.51. The molecule has 0 spiro atoms. The second-order valence-corrected chi connectivity index (χ2v) is 7.48. The summed E-state index contributed by atoms with van der Waals surface area (Å²) in [5.41, 5.74) is 4.48. The number of rotatable bonds is 6. The van der Waals surface area contributed by atoms with Crippen LogP contribution in [0.25, 0.3) is 0 Å². The van der Waals surface area contributed by atoms with E-state index in [2.05, 4.69) is 60.2 Å². The van der Waals surface area contributed by atoms with Crippen molar-refractivity contribution < 1.29 is 4.79 Å². The monoisotopic (exact) mass is 365 g/mol. The van der Waals surface area contributed by atoms with Gasteiger partial charge < -0.3 is 15.1 Å². The van der Waals surface area contributed by atoms with E-state index in [1.807, 2.05) is 24.3 Å². The van der Waals surface area contributed by atoms with Gasteiger partial charge in [0.2, 0.25) is 5.91 Å². The molecule has 1 heterocycles. The average molecular weight is 366 g/mol. The molecule has 0 aromatic heterocycles. The highest BCUT2D eigenvalue weighted by Gasteiger charge is 2.17. The molecule has 2 aromatic carbocycles. The number of benzene rings is 2. The molecule has 2 aromatic rings. The van der Waals surface area contributed by atoms with Gasteiger partial charge in [-0.2, -0.15) is 0 Å². The third kappa shape index (κ3) is 5.10. The van der Waals surface area contributed by atoms with Crippen LogP contribution >= 0.6 is 0 Å². The smallest absolute Gasteiger partial charge is 0.224 e. The molecule has 1 N–H and O–H groups in total. The lowest BCUT2D eigenvalue weighted by molar-refractivity contribution is -0.116. The lowest BCUT2D eigenvalue weighted by atomic mass is 9.97. The Morgan fingerprint density at radius 1 is 1.07 bits per heavy atom. The molecule has 0 aliphatic carbocycles. The third-order valence-electron chi connectivity index (χ3n) is 5.53. The maximum Gasteiger partial charge on any atom is 0.224 e. The van der Waals surface area contributed by atoms with Crippen LogP contribution in [0.4, 0.5) is 11.4 Å². The van der Waals surface area contributed by atoms with E-state index >= 15 is 0 Å². The van der Waals surface area contributed by atoms with Crippen LogP contribution in [0.2, 0.25) is 0 Å². The fourth-order valence-electron chi connectivity index (χ4n) is 3.69. The quantitative estimate of drug-likeness (QED) is 0.830. The van der Waals surface area contributed by atoms with Crippen LogP contribution in [0.15, 0.2) is 48.5 Å². The first-order valence-electron chi connectivity index (χ1n) is 9.99. The molecule has 1 aliphatic rings. The predicted octanol–water partition coefficient (Wildman–Crippen LogP) is 4.27. The number of carbonyl (C=O) groups excluding carboxylic acids is 1. The summed E-state index contributed by atoms with van der Waals surface area (Å²) in [6.45, 7) is 11.9. The highest BCUT2D eigenvalue weighted by molar-refractivity contribution is 5.92. The summed E-state index contributed by atoms with van der Waals surface area (Å²) >= 11 is 0. The minimum atomic E-state index is 0.0683. The Bertz CT molecular complexity index is 751. The van der Waals surface area contributed by atoms with E-state index in [0.29, 0.717) is 6.42 Å². The zero-order valence-corrected chi connectivity index (χ0v) is 16.7. The Morgan fingerprint density at radius 3 is 2.41 bits per heavy atom. The van der Waals surface area contributed by atoms with Gasteiger partial charge in [-0.05, 0) is 48.7 Å². The fraction of sp³-hybridized carbons (Fsp3) is 0.435. The van der Waals surface area contributed by atoms with Crippen molar-refractivity contribution in [2.24, 2.45) is 0 Å². The Balaban J connectivity index is 1.58. The Morgan fingerprint density at radius 2 is 1.78 bits per heavy atom. The first-order chi connectivity index (χ1) is 13.1. The van der Waals surface area contributed by atoms with Crippen molar-refractivity contribution >= 4 is 17.3 Å². The van der Waals surface area contributed by atoms with E-state index in [9.17, 15) is 4.79 Å². The van der Waals surface area contributed by atoms with Gasteiger partial charge in [0.15, 0.2) is 0 Å². The standard InChI is InChI=1S/C23H31N3O/c1-4-25-12-14-26(15-13-25)21-10-11-22(19(3)16-21)24-23(27)17-18(2)20-8-6-5-7-9-20/h5-11,16,18H,4,12-15,17H2,1-3H3,(H,24,27). The van der Waals surface area contributed by atoms with Gasteiger partial charge in [0.25, 0.3) is 0 Å². The summed E-state index contributed by atoms with van der Waals surface area (Å²) in [6.07, 6.45) is 0.490. The van der Waals surface area contributed by atoms with E-state index in [-0.39, 0.29) is 11.8 Å². The normalized spacial score (nSPS) is 16.2. The molecule has 1 saturated heterocycles. The zero-order valence-electron chi connectivity index (χ0n) is 16.7. The molecule has 1 atom stereocenters. The van der Waals surface area contributed by atoms with Gasteiger partial charge in [0.1, 0.15) is 0 Å². The van der Waals surface area contributed by atoms with Crippen LogP contribution in [0.3, 0.4) is 0 Å². The number of piperazine rings is 1. The van der Waals surface area contributed by atoms with Crippen molar-refractivity contribution in [3.8, 4) is 0 Å². The topological polar surface area (TPSA) is 35.6 Å². The van der Waals surface area contributed by atoms with Gasteiger partial charge in [0.05, 0.1) is 0 Å². The van der Waals surface area contributed by atoms with Crippen LogP contribution in [0.5, 0.6) is 0 Å². The predicted molar refractivity (Wildman–Crippen MR) is 114 cm³/mol. The van der Waals surface area contributed by atoms with Crippen molar-refractivity contribution in [3.63, 3.8) is 0 Å². The maximum absolute atomic E-state index is 12.5. The molecule has 1 amide bonds. The number of likely N-dealkylation sites (N-methyl/N-ethyl adjacent to an activating group) is 1. The lowest BCUT2D eigenvalue weighted by Crippen LogP contribution is -2.46. The Hall–Kier alpha value is -2.33. The van der Waals surface area contributed by atoms with E-state index in [0.717, 1.165) is 44.0 Å². The van der Waals surface area contributed by atoms with Crippen molar-refractivity contribution in [2.45, 2.75) is 33.1 Å². The number of carbonyl (C=O) groups is 1. The molecule has 1 aliphatic heterocycles. The summed E-state index contributed by atoms with van der Waals surface area (Å²) in [4.78, 5) is 17.4. The second-order valence-electron chi connectivity index (χ2n) is 7.48. The highest BCUT2D eigenvalue weighted by atomic mass is 16.1. The van der Waals surface area contributed by atoms with Crippen molar-refractivity contribution in [2.75, 3.05) is 42.9 Å². The fourth-order valence-corrected chi connectivity index (χ4v) is 3.69. The van der Waals surface area contributed by atoms with Gasteiger partial charge in [-0.25, -0.2) is 0 Å². The van der Waals surface area contributed by atoms with Crippen molar-refractivity contribution in [1.29, 1.82) is 0 Å². The molecule has 1 fully saturated rings. The number of anilines is 2. The summed E-state index contributed by atoms with van der Waals surface area (Å²) in [5, 5.41) is 3.09. The molecule has 0 saturated carbocycles. The summed E-state index contributed by atoms with van der Waals surface area (Å²) in [5.74, 6) is 0.277. The van der Waals surface area contributed by atoms with Gasteiger partial charge in [-0.3, -0.25) is 4.79 Å². The van der Waals surface area contributed by atoms with E-state index in [1.165, 1.54) is 11.3 Å². The van der Waals surface area contributed by atoms with Crippen LogP contribution < -0.4 is 10.2 Å². The zero-order chi connectivity index (χ0) is 19.2. The van der Waals surface area contributed by atoms with Crippen molar-refractivity contribution in [1.82, 2.24) is 4.90 Å². The van der Waals surface area contributed by atoms with E-state index in [1.54, 1.807) is 0 Å². The molecule has 4 heteroatoms. The summed E-state index contributed by atoms with van der Waals surface area (Å²) in [6, 6.07) is 16.6. The molecular formula is C23H31N3O. The van der Waals surface area contributed by atoms with E-state index in [4.69, 9.17) is 0 Å². The molecular weight excluding hydrogens is 334 g/mol. The Labute approximate surface area is 163 Å². The highest BCUT2D eigenvalue weighted by Crippen LogP contribution is 2.25.